The van der Waals surface area contributed by atoms with E-state index in [0.717, 1.165) is 6.42 Å². The molecule has 0 spiro atoms. The minimum Gasteiger partial charge on any atom is -0.293 e. The average Bonchev–Trinajstić information content (AvgIpc) is 2.78. The largest absolute Gasteiger partial charge is 0.451 e. The molecular weight excluding hydrogens is 249 g/mol. The van der Waals surface area contributed by atoms with Crippen molar-refractivity contribution in [3.8, 4) is 0 Å². The summed E-state index contributed by atoms with van der Waals surface area (Å²) in [6.07, 6.45) is 1.32. The number of carbonyl (C=O) groups excluding carboxylic acids is 1. The van der Waals surface area contributed by atoms with E-state index < -0.39 is 12.0 Å². The van der Waals surface area contributed by atoms with Gasteiger partial charge in [-0.2, -0.15) is 18.2 Å². The Labute approximate surface area is 100 Å². The summed E-state index contributed by atoms with van der Waals surface area (Å²) in [5.41, 5.74) is 0. The number of hydrogen-bond acceptors (Lipinski definition) is 3. The molecule has 1 amide bonds. The van der Waals surface area contributed by atoms with E-state index in [4.69, 9.17) is 0 Å². The number of rotatable bonds is 2. The minimum absolute atomic E-state index is 0.233. The fourth-order valence-corrected chi connectivity index (χ4v) is 1.69. The van der Waals surface area contributed by atoms with E-state index in [1.807, 2.05) is 12.2 Å². The van der Waals surface area contributed by atoms with Crippen LogP contribution in [0, 0.1) is 5.92 Å². The molecule has 8 heteroatoms. The smallest absolute Gasteiger partial charge is 0.293 e. The van der Waals surface area contributed by atoms with E-state index in [1.54, 1.807) is 5.10 Å². The number of aromatic amines is 1. The summed E-state index contributed by atoms with van der Waals surface area (Å²) in [6, 6.07) is 0. The molecule has 98 valence electrons. The number of halogens is 3. The van der Waals surface area contributed by atoms with Gasteiger partial charge < -0.3 is 0 Å². The fraction of sp³-hybridized carbons (Fsp3) is 0.500. The highest BCUT2D eigenvalue weighted by atomic mass is 19.4. The number of amides is 1. The van der Waals surface area contributed by atoms with Crippen LogP contribution in [0.15, 0.2) is 12.2 Å². The van der Waals surface area contributed by atoms with Crippen LogP contribution in [0.5, 0.6) is 0 Å². The quantitative estimate of drug-likeness (QED) is 0.800. The number of anilines is 1. The van der Waals surface area contributed by atoms with Crippen LogP contribution in [-0.2, 0) is 11.0 Å². The number of alkyl halides is 3. The number of aromatic nitrogens is 3. The van der Waals surface area contributed by atoms with Gasteiger partial charge in [0.15, 0.2) is 0 Å². The van der Waals surface area contributed by atoms with Crippen molar-refractivity contribution in [2.24, 2.45) is 5.92 Å². The first-order valence-corrected chi connectivity index (χ1v) is 5.42. The van der Waals surface area contributed by atoms with Crippen LogP contribution in [-0.4, -0.2) is 21.1 Å². The number of nitrogens with zero attached hydrogens (tertiary/aromatic N) is 2. The maximum atomic E-state index is 12.2. The lowest BCUT2D eigenvalue weighted by molar-refractivity contribution is -0.144. The van der Waals surface area contributed by atoms with Crippen LogP contribution in [0.1, 0.15) is 25.1 Å². The predicted molar refractivity (Wildman–Crippen MR) is 56.5 cm³/mol. The second-order valence-electron chi connectivity index (χ2n) is 3.98. The third-order valence-electron chi connectivity index (χ3n) is 2.63. The van der Waals surface area contributed by atoms with E-state index in [2.05, 4.69) is 15.4 Å². The number of allylic oxidation sites excluding steroid dienone is 2. The molecule has 2 rings (SSSR count). The van der Waals surface area contributed by atoms with Gasteiger partial charge in [0.05, 0.1) is 0 Å². The topological polar surface area (TPSA) is 70.7 Å². The summed E-state index contributed by atoms with van der Waals surface area (Å²) >= 11 is 0. The summed E-state index contributed by atoms with van der Waals surface area (Å²) in [5, 5.41) is 7.33. The van der Waals surface area contributed by atoms with Crippen molar-refractivity contribution in [1.82, 2.24) is 15.2 Å². The third-order valence-corrected chi connectivity index (χ3v) is 2.63. The number of nitrogens with one attached hydrogen (secondary N) is 2. The van der Waals surface area contributed by atoms with Crippen molar-refractivity contribution >= 4 is 11.9 Å². The maximum absolute atomic E-state index is 12.2. The van der Waals surface area contributed by atoms with Crippen molar-refractivity contribution in [3.05, 3.63) is 18.0 Å². The Hall–Kier alpha value is -1.86. The molecule has 1 aliphatic carbocycles. The zero-order chi connectivity index (χ0) is 13.2. The lowest BCUT2D eigenvalue weighted by atomic mass is 9.94. The molecule has 1 aliphatic rings. The summed E-state index contributed by atoms with van der Waals surface area (Å²) < 4.78 is 36.7. The van der Waals surface area contributed by atoms with Crippen molar-refractivity contribution in [1.29, 1.82) is 0 Å². The van der Waals surface area contributed by atoms with Crippen molar-refractivity contribution in [3.63, 3.8) is 0 Å². The van der Waals surface area contributed by atoms with Gasteiger partial charge in [-0.3, -0.25) is 15.2 Å². The Morgan fingerprint density at radius 2 is 2.22 bits per heavy atom. The molecule has 0 aliphatic heterocycles. The Morgan fingerprint density at radius 3 is 2.78 bits per heavy atom. The van der Waals surface area contributed by atoms with E-state index in [0.29, 0.717) is 12.8 Å². The molecule has 5 nitrogen and oxygen atoms in total. The second kappa shape index (κ2) is 4.79. The Balaban J connectivity index is 1.99. The molecule has 0 aromatic carbocycles. The van der Waals surface area contributed by atoms with Gasteiger partial charge in [0, 0.05) is 5.92 Å². The molecule has 0 fully saturated rings. The molecule has 1 heterocycles. The van der Waals surface area contributed by atoms with Crippen LogP contribution < -0.4 is 5.32 Å². The first kappa shape index (κ1) is 12.6. The Kier molecular flexibility index (Phi) is 3.35. The molecule has 18 heavy (non-hydrogen) atoms. The SMILES string of the molecule is O=C(Nc1n[nH]c(C(F)(F)F)n1)[C@H]1CC=CCC1. The first-order chi connectivity index (χ1) is 8.47. The Bertz CT molecular complexity index is 466. The van der Waals surface area contributed by atoms with Crippen LogP contribution >= 0.6 is 0 Å². The molecule has 2 N–H and O–H groups in total. The normalized spacial score (nSPS) is 19.8. The lowest BCUT2D eigenvalue weighted by Crippen LogP contribution is -2.24. The zero-order valence-electron chi connectivity index (χ0n) is 9.29. The van der Waals surface area contributed by atoms with Crippen LogP contribution in [0.4, 0.5) is 19.1 Å². The van der Waals surface area contributed by atoms with Gasteiger partial charge in [-0.25, -0.2) is 0 Å². The van der Waals surface area contributed by atoms with Gasteiger partial charge in [-0.1, -0.05) is 12.2 Å². The Morgan fingerprint density at radius 1 is 1.44 bits per heavy atom. The fourth-order valence-electron chi connectivity index (χ4n) is 1.69. The number of H-pyrrole nitrogens is 1. The highest BCUT2D eigenvalue weighted by Gasteiger charge is 2.35. The molecule has 0 radical (unpaired) electrons. The van der Waals surface area contributed by atoms with Gasteiger partial charge in [0.25, 0.3) is 0 Å². The molecule has 0 saturated carbocycles. The van der Waals surface area contributed by atoms with Gasteiger partial charge in [-0.15, -0.1) is 5.10 Å². The predicted octanol–water partition coefficient (Wildman–Crippen LogP) is 2.12. The summed E-state index contributed by atoms with van der Waals surface area (Å²) in [6.45, 7) is 0. The number of carbonyl (C=O) groups is 1. The second-order valence-corrected chi connectivity index (χ2v) is 3.98. The van der Waals surface area contributed by atoms with E-state index in [9.17, 15) is 18.0 Å². The molecule has 0 bridgehead atoms. The highest BCUT2D eigenvalue weighted by molar-refractivity contribution is 5.91. The molecule has 0 unspecified atom stereocenters. The minimum atomic E-state index is -4.59. The van der Waals surface area contributed by atoms with Crippen LogP contribution in [0.25, 0.3) is 0 Å². The van der Waals surface area contributed by atoms with Crippen molar-refractivity contribution < 1.29 is 18.0 Å². The summed E-state index contributed by atoms with van der Waals surface area (Å²) in [5.74, 6) is -2.15. The summed E-state index contributed by atoms with van der Waals surface area (Å²) in [4.78, 5) is 14.9. The maximum Gasteiger partial charge on any atom is 0.451 e. The molecule has 0 saturated heterocycles. The van der Waals surface area contributed by atoms with Crippen LogP contribution in [0.3, 0.4) is 0 Å². The van der Waals surface area contributed by atoms with E-state index in [1.165, 1.54) is 0 Å². The molecule has 1 aromatic rings. The molecular formula is C10H11F3N4O. The standard InChI is InChI=1S/C10H11F3N4O/c11-10(12,13)8-15-9(17-16-8)14-7(18)6-4-2-1-3-5-6/h1-2,6H,3-5H2,(H2,14,15,16,17,18)/t6-/m0/s1. The van der Waals surface area contributed by atoms with Gasteiger partial charge in [-0.05, 0) is 19.3 Å². The average molecular weight is 260 g/mol. The van der Waals surface area contributed by atoms with E-state index >= 15 is 0 Å². The van der Waals surface area contributed by atoms with Gasteiger partial charge in [0.1, 0.15) is 0 Å². The van der Waals surface area contributed by atoms with Gasteiger partial charge in [0.2, 0.25) is 17.7 Å². The van der Waals surface area contributed by atoms with Crippen molar-refractivity contribution in [2.75, 3.05) is 5.32 Å². The van der Waals surface area contributed by atoms with Gasteiger partial charge >= 0.3 is 6.18 Å². The highest BCUT2D eigenvalue weighted by Crippen LogP contribution is 2.26. The zero-order valence-corrected chi connectivity index (χ0v) is 9.29. The lowest BCUT2D eigenvalue weighted by Gasteiger charge is -2.15. The van der Waals surface area contributed by atoms with Crippen molar-refractivity contribution in [2.45, 2.75) is 25.4 Å². The molecule has 1 atom stereocenters. The first-order valence-electron chi connectivity index (χ1n) is 5.42. The van der Waals surface area contributed by atoms with Crippen LogP contribution in [0.2, 0.25) is 0 Å². The third kappa shape index (κ3) is 2.88. The number of hydrogen-bond donors (Lipinski definition) is 2. The monoisotopic (exact) mass is 260 g/mol. The van der Waals surface area contributed by atoms with E-state index in [-0.39, 0.29) is 17.8 Å². The molecule has 1 aromatic heterocycles. The summed E-state index contributed by atoms with van der Waals surface area (Å²) in [7, 11) is 0.